The SMILES string of the molecule is COc1ccc(N(C)CC(C)C(=O)O)c(OC)c1. The molecule has 0 heterocycles. The summed E-state index contributed by atoms with van der Waals surface area (Å²) in [6, 6.07) is 5.45. The van der Waals surface area contributed by atoms with Gasteiger partial charge in [0.2, 0.25) is 0 Å². The second kappa shape index (κ2) is 6.14. The van der Waals surface area contributed by atoms with Crippen molar-refractivity contribution in [2.75, 3.05) is 32.7 Å². The fraction of sp³-hybridized carbons (Fsp3) is 0.462. The number of hydrogen-bond donors (Lipinski definition) is 1. The van der Waals surface area contributed by atoms with Gasteiger partial charge in [0.25, 0.3) is 0 Å². The van der Waals surface area contributed by atoms with E-state index in [1.54, 1.807) is 27.2 Å². The maximum absolute atomic E-state index is 10.8. The Kier molecular flexibility index (Phi) is 4.83. The monoisotopic (exact) mass is 253 g/mol. The molecule has 0 saturated carbocycles. The van der Waals surface area contributed by atoms with E-state index in [0.717, 1.165) is 5.69 Å². The maximum atomic E-state index is 10.8. The zero-order valence-electron chi connectivity index (χ0n) is 11.1. The predicted octanol–water partition coefficient (Wildman–Crippen LogP) is 1.86. The van der Waals surface area contributed by atoms with Gasteiger partial charge in [-0.15, -0.1) is 0 Å². The van der Waals surface area contributed by atoms with Gasteiger partial charge in [-0.25, -0.2) is 0 Å². The summed E-state index contributed by atoms with van der Waals surface area (Å²) in [5, 5.41) is 8.91. The molecule has 0 amide bonds. The molecule has 0 radical (unpaired) electrons. The Morgan fingerprint density at radius 2 is 2.06 bits per heavy atom. The molecule has 5 nitrogen and oxygen atoms in total. The maximum Gasteiger partial charge on any atom is 0.308 e. The summed E-state index contributed by atoms with van der Waals surface area (Å²) in [5.41, 5.74) is 0.839. The Morgan fingerprint density at radius 1 is 1.39 bits per heavy atom. The van der Waals surface area contributed by atoms with Crippen LogP contribution in [0.4, 0.5) is 5.69 Å². The number of nitrogens with zero attached hydrogens (tertiary/aromatic N) is 1. The highest BCUT2D eigenvalue weighted by molar-refractivity contribution is 5.71. The number of carboxylic acids is 1. The normalized spacial score (nSPS) is 11.8. The van der Waals surface area contributed by atoms with E-state index in [1.165, 1.54) is 0 Å². The van der Waals surface area contributed by atoms with Crippen LogP contribution in [0.3, 0.4) is 0 Å². The second-order valence-corrected chi connectivity index (χ2v) is 4.16. The highest BCUT2D eigenvalue weighted by Crippen LogP contribution is 2.31. The lowest BCUT2D eigenvalue weighted by atomic mass is 10.1. The largest absolute Gasteiger partial charge is 0.497 e. The lowest BCUT2D eigenvalue weighted by molar-refractivity contribution is -0.140. The topological polar surface area (TPSA) is 59.0 Å². The highest BCUT2D eigenvalue weighted by Gasteiger charge is 2.16. The van der Waals surface area contributed by atoms with Gasteiger partial charge in [0.15, 0.2) is 0 Å². The molecular formula is C13H19NO4. The molecule has 0 aliphatic rings. The molecular weight excluding hydrogens is 234 g/mol. The van der Waals surface area contributed by atoms with Crippen LogP contribution in [0.5, 0.6) is 11.5 Å². The van der Waals surface area contributed by atoms with E-state index in [0.29, 0.717) is 18.0 Å². The van der Waals surface area contributed by atoms with Gasteiger partial charge in [0, 0.05) is 19.7 Å². The first-order chi connectivity index (χ1) is 8.49. The van der Waals surface area contributed by atoms with Crippen LogP contribution in [0.15, 0.2) is 18.2 Å². The minimum Gasteiger partial charge on any atom is -0.497 e. The summed E-state index contributed by atoms with van der Waals surface area (Å²) >= 11 is 0. The zero-order chi connectivity index (χ0) is 13.7. The standard InChI is InChI=1S/C13H19NO4/c1-9(13(15)16)8-14(2)11-6-5-10(17-3)7-12(11)18-4/h5-7,9H,8H2,1-4H3,(H,15,16). The van der Waals surface area contributed by atoms with Crippen molar-refractivity contribution in [3.05, 3.63) is 18.2 Å². The first kappa shape index (κ1) is 14.2. The summed E-state index contributed by atoms with van der Waals surface area (Å²) in [6.45, 7) is 2.09. The lowest BCUT2D eigenvalue weighted by Gasteiger charge is -2.23. The van der Waals surface area contributed by atoms with Crippen LogP contribution >= 0.6 is 0 Å². The molecule has 1 rings (SSSR count). The van der Waals surface area contributed by atoms with Gasteiger partial charge in [-0.05, 0) is 12.1 Å². The number of carbonyl (C=O) groups is 1. The van der Waals surface area contributed by atoms with Crippen molar-refractivity contribution in [1.29, 1.82) is 0 Å². The Morgan fingerprint density at radius 3 is 2.56 bits per heavy atom. The number of ether oxygens (including phenoxy) is 2. The molecule has 1 aromatic rings. The molecule has 1 N–H and O–H groups in total. The van der Waals surface area contributed by atoms with Crippen molar-refractivity contribution in [1.82, 2.24) is 0 Å². The minimum absolute atomic E-state index is 0.415. The smallest absolute Gasteiger partial charge is 0.308 e. The van der Waals surface area contributed by atoms with E-state index in [-0.39, 0.29) is 0 Å². The van der Waals surface area contributed by atoms with Crippen LogP contribution in [0.2, 0.25) is 0 Å². The summed E-state index contributed by atoms with van der Waals surface area (Å²) in [4.78, 5) is 12.7. The van der Waals surface area contributed by atoms with Crippen molar-refractivity contribution >= 4 is 11.7 Å². The number of rotatable bonds is 6. The molecule has 0 aliphatic heterocycles. The van der Waals surface area contributed by atoms with Crippen molar-refractivity contribution in [2.24, 2.45) is 5.92 Å². The van der Waals surface area contributed by atoms with Gasteiger partial charge in [-0.3, -0.25) is 4.79 Å². The Labute approximate surface area is 107 Å². The molecule has 0 aromatic heterocycles. The Hall–Kier alpha value is -1.91. The third-order valence-electron chi connectivity index (χ3n) is 2.77. The number of benzene rings is 1. The third-order valence-corrected chi connectivity index (χ3v) is 2.77. The van der Waals surface area contributed by atoms with Gasteiger partial charge in [0.05, 0.1) is 25.8 Å². The van der Waals surface area contributed by atoms with Gasteiger partial charge in [0.1, 0.15) is 11.5 Å². The number of anilines is 1. The molecule has 0 fully saturated rings. The fourth-order valence-corrected chi connectivity index (χ4v) is 1.69. The molecule has 100 valence electrons. The van der Waals surface area contributed by atoms with Crippen LogP contribution < -0.4 is 14.4 Å². The van der Waals surface area contributed by atoms with Crippen LogP contribution in [-0.2, 0) is 4.79 Å². The number of methoxy groups -OCH3 is 2. The molecule has 0 saturated heterocycles. The molecule has 1 unspecified atom stereocenters. The van der Waals surface area contributed by atoms with Gasteiger partial charge < -0.3 is 19.5 Å². The second-order valence-electron chi connectivity index (χ2n) is 4.16. The van der Waals surface area contributed by atoms with Crippen LogP contribution in [0.1, 0.15) is 6.92 Å². The van der Waals surface area contributed by atoms with E-state index >= 15 is 0 Å². The fourth-order valence-electron chi connectivity index (χ4n) is 1.69. The Balaban J connectivity index is 2.91. The molecule has 0 aliphatic carbocycles. The van der Waals surface area contributed by atoms with E-state index in [2.05, 4.69) is 0 Å². The van der Waals surface area contributed by atoms with E-state index in [9.17, 15) is 4.79 Å². The number of carboxylic acid groups (broad SMARTS) is 1. The van der Waals surface area contributed by atoms with E-state index in [1.807, 2.05) is 24.1 Å². The molecule has 5 heteroatoms. The number of hydrogen-bond acceptors (Lipinski definition) is 4. The molecule has 1 aromatic carbocycles. The van der Waals surface area contributed by atoms with Crippen molar-refractivity contribution in [3.63, 3.8) is 0 Å². The highest BCUT2D eigenvalue weighted by atomic mass is 16.5. The minimum atomic E-state index is -0.811. The van der Waals surface area contributed by atoms with E-state index < -0.39 is 11.9 Å². The number of aliphatic carboxylic acids is 1. The average molecular weight is 253 g/mol. The van der Waals surface area contributed by atoms with Gasteiger partial charge >= 0.3 is 5.97 Å². The summed E-state index contributed by atoms with van der Waals surface area (Å²) < 4.78 is 10.4. The first-order valence-electron chi connectivity index (χ1n) is 5.65. The van der Waals surface area contributed by atoms with Crippen LogP contribution in [-0.4, -0.2) is 38.9 Å². The third kappa shape index (κ3) is 3.29. The molecule has 0 spiro atoms. The summed E-state index contributed by atoms with van der Waals surface area (Å²) in [5.74, 6) is 0.112. The quantitative estimate of drug-likeness (QED) is 0.838. The van der Waals surface area contributed by atoms with Crippen LogP contribution in [0, 0.1) is 5.92 Å². The van der Waals surface area contributed by atoms with E-state index in [4.69, 9.17) is 14.6 Å². The molecule has 1 atom stereocenters. The van der Waals surface area contributed by atoms with Gasteiger partial charge in [-0.2, -0.15) is 0 Å². The molecule has 0 bridgehead atoms. The van der Waals surface area contributed by atoms with Gasteiger partial charge in [-0.1, -0.05) is 6.92 Å². The molecule has 18 heavy (non-hydrogen) atoms. The van der Waals surface area contributed by atoms with Crippen molar-refractivity contribution in [2.45, 2.75) is 6.92 Å². The zero-order valence-corrected chi connectivity index (χ0v) is 11.1. The predicted molar refractivity (Wildman–Crippen MR) is 69.6 cm³/mol. The first-order valence-corrected chi connectivity index (χ1v) is 5.65. The summed E-state index contributed by atoms with van der Waals surface area (Å²) in [6.07, 6.45) is 0. The van der Waals surface area contributed by atoms with Crippen LogP contribution in [0.25, 0.3) is 0 Å². The van der Waals surface area contributed by atoms with Crippen molar-refractivity contribution in [3.8, 4) is 11.5 Å². The Bertz CT molecular complexity index is 419. The summed E-state index contributed by atoms with van der Waals surface area (Å²) in [7, 11) is 5.00. The average Bonchev–Trinajstić information content (AvgIpc) is 2.37. The lowest BCUT2D eigenvalue weighted by Crippen LogP contribution is -2.28. The van der Waals surface area contributed by atoms with Crippen molar-refractivity contribution < 1.29 is 19.4 Å².